The fraction of sp³-hybridized carbons (Fsp3) is 0.250. The second kappa shape index (κ2) is 4.09. The largest absolute Gasteiger partial charge is 0.333 e. The van der Waals surface area contributed by atoms with Crippen molar-refractivity contribution >= 4 is 5.91 Å². The number of amides is 1. The molecule has 1 aliphatic carbocycles. The zero-order valence-corrected chi connectivity index (χ0v) is 7.99. The summed E-state index contributed by atoms with van der Waals surface area (Å²) in [7, 11) is 0. The number of hydrogen-bond donors (Lipinski definition) is 1. The van der Waals surface area contributed by atoms with E-state index in [0.717, 1.165) is 12.8 Å². The minimum atomic E-state index is 0.0953. The lowest BCUT2D eigenvalue weighted by Crippen LogP contribution is -2.15. The maximum Gasteiger partial charge on any atom is 0.224 e. The average Bonchev–Trinajstić information content (AvgIpc) is 2.34. The molecule has 1 heterocycles. The quantitative estimate of drug-likeness (QED) is 0.619. The molecule has 1 N–H and O–H groups in total. The number of allylic oxidation sites excluding steroid dienone is 7. The van der Waals surface area contributed by atoms with E-state index in [-0.39, 0.29) is 5.91 Å². The molecule has 0 fully saturated rings. The molecule has 0 unspecified atom stereocenters. The third kappa shape index (κ3) is 2.22. The van der Waals surface area contributed by atoms with Gasteiger partial charge in [-0.15, -0.1) is 0 Å². The molecule has 2 heteroatoms. The second-order valence-corrected chi connectivity index (χ2v) is 3.53. The molecule has 2 rings (SSSR count). The molecule has 0 aromatic rings. The summed E-state index contributed by atoms with van der Waals surface area (Å²) in [6, 6.07) is 0. The van der Waals surface area contributed by atoms with Crippen molar-refractivity contribution in [1.82, 2.24) is 5.32 Å². The fourth-order valence-electron chi connectivity index (χ4n) is 1.62. The Hall–Kier alpha value is -1.57. The van der Waals surface area contributed by atoms with Crippen LogP contribution in [0.3, 0.4) is 0 Å². The van der Waals surface area contributed by atoms with Gasteiger partial charge in [0.1, 0.15) is 0 Å². The molecule has 2 nitrogen and oxygen atoms in total. The van der Waals surface area contributed by atoms with E-state index in [9.17, 15) is 4.79 Å². The molecular formula is C12H13NO. The Bertz CT molecular complexity index is 359. The lowest BCUT2D eigenvalue weighted by molar-refractivity contribution is -0.120. The SMILES string of the molecule is O=C1CCC2=CC=CC=C(/C=C\N1)C2. The first-order chi connectivity index (χ1) is 6.84. The monoisotopic (exact) mass is 187 g/mol. The summed E-state index contributed by atoms with van der Waals surface area (Å²) in [5.41, 5.74) is 2.57. The molecule has 0 atom stereocenters. The summed E-state index contributed by atoms with van der Waals surface area (Å²) in [5, 5.41) is 2.75. The van der Waals surface area contributed by atoms with E-state index < -0.39 is 0 Å². The molecule has 1 aliphatic heterocycles. The van der Waals surface area contributed by atoms with Crippen LogP contribution in [-0.4, -0.2) is 5.91 Å². The molecule has 72 valence electrons. The van der Waals surface area contributed by atoms with Gasteiger partial charge in [-0.1, -0.05) is 29.9 Å². The Kier molecular flexibility index (Phi) is 2.63. The number of hydrogen-bond acceptors (Lipinski definition) is 1. The first kappa shape index (κ1) is 9.00. The van der Waals surface area contributed by atoms with Gasteiger partial charge in [0.2, 0.25) is 5.91 Å². The second-order valence-electron chi connectivity index (χ2n) is 3.53. The van der Waals surface area contributed by atoms with Crippen LogP contribution >= 0.6 is 0 Å². The lowest BCUT2D eigenvalue weighted by atomic mass is 10.0. The Morgan fingerprint density at radius 1 is 1.14 bits per heavy atom. The van der Waals surface area contributed by atoms with E-state index in [1.807, 2.05) is 18.2 Å². The van der Waals surface area contributed by atoms with Gasteiger partial charge in [-0.05, 0) is 24.5 Å². The van der Waals surface area contributed by atoms with Crippen molar-refractivity contribution in [2.24, 2.45) is 0 Å². The highest BCUT2D eigenvalue weighted by molar-refractivity contribution is 5.77. The summed E-state index contributed by atoms with van der Waals surface area (Å²) in [6.45, 7) is 0. The van der Waals surface area contributed by atoms with Crippen LogP contribution in [0.5, 0.6) is 0 Å². The molecule has 0 saturated heterocycles. The Labute approximate surface area is 83.7 Å². The zero-order valence-electron chi connectivity index (χ0n) is 7.99. The summed E-state index contributed by atoms with van der Waals surface area (Å²) in [4.78, 5) is 11.2. The van der Waals surface area contributed by atoms with Gasteiger partial charge in [0, 0.05) is 12.6 Å². The van der Waals surface area contributed by atoms with Crippen molar-refractivity contribution in [3.8, 4) is 0 Å². The maximum absolute atomic E-state index is 11.2. The van der Waals surface area contributed by atoms with Crippen LogP contribution in [0, 0.1) is 0 Å². The highest BCUT2D eigenvalue weighted by atomic mass is 16.1. The van der Waals surface area contributed by atoms with E-state index in [1.165, 1.54) is 11.1 Å². The number of carbonyl (C=O) groups is 1. The van der Waals surface area contributed by atoms with Crippen molar-refractivity contribution in [3.05, 3.63) is 47.7 Å². The smallest absolute Gasteiger partial charge is 0.224 e. The summed E-state index contributed by atoms with van der Waals surface area (Å²) in [5.74, 6) is 0.0953. The normalized spacial score (nSPS) is 23.3. The topological polar surface area (TPSA) is 29.1 Å². The molecule has 14 heavy (non-hydrogen) atoms. The van der Waals surface area contributed by atoms with Gasteiger partial charge < -0.3 is 5.32 Å². The highest BCUT2D eigenvalue weighted by Crippen LogP contribution is 2.20. The minimum Gasteiger partial charge on any atom is -0.333 e. The summed E-state index contributed by atoms with van der Waals surface area (Å²) < 4.78 is 0. The van der Waals surface area contributed by atoms with Crippen molar-refractivity contribution in [2.75, 3.05) is 0 Å². The van der Waals surface area contributed by atoms with Crippen LogP contribution in [0.2, 0.25) is 0 Å². The third-order valence-corrected chi connectivity index (χ3v) is 2.40. The fourth-order valence-corrected chi connectivity index (χ4v) is 1.62. The molecule has 0 aromatic carbocycles. The van der Waals surface area contributed by atoms with Crippen LogP contribution in [0.25, 0.3) is 0 Å². The van der Waals surface area contributed by atoms with Crippen LogP contribution in [-0.2, 0) is 4.79 Å². The summed E-state index contributed by atoms with van der Waals surface area (Å²) >= 11 is 0. The average molecular weight is 187 g/mol. The van der Waals surface area contributed by atoms with Gasteiger partial charge in [0.05, 0.1) is 0 Å². The number of nitrogens with one attached hydrogen (secondary N) is 1. The van der Waals surface area contributed by atoms with E-state index in [4.69, 9.17) is 0 Å². The molecule has 0 aromatic heterocycles. The van der Waals surface area contributed by atoms with E-state index in [2.05, 4.69) is 17.5 Å². The molecular weight excluding hydrogens is 174 g/mol. The van der Waals surface area contributed by atoms with Gasteiger partial charge in [0.25, 0.3) is 0 Å². The third-order valence-electron chi connectivity index (χ3n) is 2.40. The highest BCUT2D eigenvalue weighted by Gasteiger charge is 2.07. The van der Waals surface area contributed by atoms with Gasteiger partial charge >= 0.3 is 0 Å². The van der Waals surface area contributed by atoms with Gasteiger partial charge in [-0.3, -0.25) is 4.79 Å². The molecule has 0 saturated carbocycles. The Morgan fingerprint density at radius 2 is 2.00 bits per heavy atom. The van der Waals surface area contributed by atoms with Crippen molar-refractivity contribution in [3.63, 3.8) is 0 Å². The summed E-state index contributed by atoms with van der Waals surface area (Å²) in [6.07, 6.45) is 14.4. The Balaban J connectivity index is 2.26. The van der Waals surface area contributed by atoms with Crippen molar-refractivity contribution in [2.45, 2.75) is 19.3 Å². The number of fused-ring (bicyclic) bond motifs is 2. The van der Waals surface area contributed by atoms with E-state index >= 15 is 0 Å². The molecule has 0 radical (unpaired) electrons. The molecule has 2 aliphatic rings. The van der Waals surface area contributed by atoms with Crippen molar-refractivity contribution in [1.29, 1.82) is 0 Å². The Morgan fingerprint density at radius 3 is 2.93 bits per heavy atom. The predicted molar refractivity (Wildman–Crippen MR) is 56.4 cm³/mol. The first-order valence-corrected chi connectivity index (χ1v) is 4.86. The van der Waals surface area contributed by atoms with Gasteiger partial charge in [0.15, 0.2) is 0 Å². The van der Waals surface area contributed by atoms with E-state index in [1.54, 1.807) is 6.20 Å². The van der Waals surface area contributed by atoms with Crippen LogP contribution in [0.1, 0.15) is 19.3 Å². The van der Waals surface area contributed by atoms with Crippen LogP contribution in [0.4, 0.5) is 0 Å². The maximum atomic E-state index is 11.2. The number of rotatable bonds is 0. The van der Waals surface area contributed by atoms with Gasteiger partial charge in [-0.2, -0.15) is 0 Å². The predicted octanol–water partition coefficient (Wildman–Crippen LogP) is 2.22. The number of carbonyl (C=O) groups excluding carboxylic acids is 1. The minimum absolute atomic E-state index is 0.0953. The van der Waals surface area contributed by atoms with E-state index in [0.29, 0.717) is 6.42 Å². The van der Waals surface area contributed by atoms with Crippen LogP contribution < -0.4 is 5.32 Å². The standard InChI is InChI=1S/C12H13NO/c14-12-6-5-10-3-1-2-4-11(9-10)7-8-13-12/h1-4,7-8H,5-6,9H2,(H,13,14)/b8-7-. The lowest BCUT2D eigenvalue weighted by Gasteiger charge is -2.03. The zero-order chi connectivity index (χ0) is 9.80. The van der Waals surface area contributed by atoms with Gasteiger partial charge in [-0.25, -0.2) is 0 Å². The first-order valence-electron chi connectivity index (χ1n) is 4.86. The van der Waals surface area contributed by atoms with Crippen LogP contribution in [0.15, 0.2) is 47.7 Å². The molecule has 2 bridgehead atoms. The van der Waals surface area contributed by atoms with Crippen molar-refractivity contribution < 1.29 is 4.79 Å². The molecule has 1 amide bonds. The molecule has 0 spiro atoms.